The molecule has 0 aliphatic carbocycles. The van der Waals surface area contributed by atoms with Crippen LogP contribution < -0.4 is 10.6 Å². The van der Waals surface area contributed by atoms with E-state index in [1.165, 1.54) is 12.1 Å². The molecule has 0 saturated carbocycles. The zero-order chi connectivity index (χ0) is 27.3. The molecule has 15 heteroatoms. The Balaban J connectivity index is 3.32. The predicted octanol–water partition coefficient (Wildman–Crippen LogP) is 0.166. The second kappa shape index (κ2) is 14.6. The standard InChI is InChI=1S/C21H25N5O10/c1-33-16(27)8-14(20(31)35-3)24-18(29)12-5-11(10-23-26-22)6-13(7-12)19(30)25-15(21(32)36-4)9-17(28)34-2/h5-7,14-15H,8-10H2,1-4H3,(H,24,29)(H,25,30)/t14-,15-/m0/s1. The van der Waals surface area contributed by atoms with Crippen molar-refractivity contribution in [3.05, 3.63) is 45.3 Å². The Bertz CT molecular complexity index is 997. The van der Waals surface area contributed by atoms with Gasteiger partial charge in [-0.25, -0.2) is 9.59 Å². The van der Waals surface area contributed by atoms with Crippen molar-refractivity contribution in [1.29, 1.82) is 0 Å². The van der Waals surface area contributed by atoms with Gasteiger partial charge in [0.15, 0.2) is 0 Å². The van der Waals surface area contributed by atoms with Crippen molar-refractivity contribution in [2.75, 3.05) is 28.4 Å². The first kappa shape index (κ1) is 29.4. The van der Waals surface area contributed by atoms with Crippen molar-refractivity contribution in [3.63, 3.8) is 0 Å². The lowest BCUT2D eigenvalue weighted by Gasteiger charge is -2.17. The maximum atomic E-state index is 12.9. The summed E-state index contributed by atoms with van der Waals surface area (Å²) in [5.41, 5.74) is 8.56. The summed E-state index contributed by atoms with van der Waals surface area (Å²) in [6.07, 6.45) is -1.04. The predicted molar refractivity (Wildman–Crippen MR) is 119 cm³/mol. The number of azide groups is 1. The molecule has 0 bridgehead atoms. The van der Waals surface area contributed by atoms with Crippen LogP contribution in [0.1, 0.15) is 39.1 Å². The molecule has 2 N–H and O–H groups in total. The molecule has 36 heavy (non-hydrogen) atoms. The average molecular weight is 507 g/mol. The fourth-order valence-corrected chi connectivity index (χ4v) is 2.81. The van der Waals surface area contributed by atoms with Crippen LogP contribution in [0.5, 0.6) is 0 Å². The van der Waals surface area contributed by atoms with E-state index in [9.17, 15) is 28.8 Å². The lowest BCUT2D eigenvalue weighted by Crippen LogP contribution is -2.44. The Morgan fingerprint density at radius 2 is 1.19 bits per heavy atom. The van der Waals surface area contributed by atoms with Crippen molar-refractivity contribution in [2.45, 2.75) is 31.5 Å². The molecule has 0 heterocycles. The quantitative estimate of drug-likeness (QED) is 0.129. The molecule has 0 unspecified atom stereocenters. The van der Waals surface area contributed by atoms with Crippen LogP contribution in [0.3, 0.4) is 0 Å². The molecule has 0 fully saturated rings. The first-order chi connectivity index (χ1) is 17.1. The molecular formula is C21H25N5O10. The lowest BCUT2D eigenvalue weighted by atomic mass is 10.0. The zero-order valence-electron chi connectivity index (χ0n) is 19.9. The van der Waals surface area contributed by atoms with Crippen LogP contribution >= 0.6 is 0 Å². The second-order valence-corrected chi connectivity index (χ2v) is 6.97. The zero-order valence-corrected chi connectivity index (χ0v) is 19.9. The molecule has 1 aromatic carbocycles. The number of nitrogens with one attached hydrogen (secondary N) is 2. The molecule has 0 aliphatic heterocycles. The third-order valence-electron chi connectivity index (χ3n) is 4.61. The minimum atomic E-state index is -1.39. The van der Waals surface area contributed by atoms with Crippen molar-refractivity contribution >= 4 is 35.7 Å². The maximum absolute atomic E-state index is 12.9. The highest BCUT2D eigenvalue weighted by molar-refractivity contribution is 6.02. The third kappa shape index (κ3) is 8.95. The molecule has 0 spiro atoms. The number of hydrogen-bond acceptors (Lipinski definition) is 11. The molecule has 0 radical (unpaired) electrons. The van der Waals surface area contributed by atoms with Crippen LogP contribution in [0.4, 0.5) is 0 Å². The summed E-state index contributed by atoms with van der Waals surface area (Å²) in [7, 11) is 4.33. The highest BCUT2D eigenvalue weighted by Crippen LogP contribution is 2.14. The number of carbonyl (C=O) groups excluding carboxylic acids is 6. The summed E-state index contributed by atoms with van der Waals surface area (Å²) in [4.78, 5) is 75.6. The number of rotatable bonds is 12. The van der Waals surface area contributed by atoms with Gasteiger partial charge in [0.2, 0.25) is 0 Å². The first-order valence-electron chi connectivity index (χ1n) is 10.2. The fraction of sp³-hybridized carbons (Fsp3) is 0.429. The minimum absolute atomic E-state index is 0.146. The molecule has 15 nitrogen and oxygen atoms in total. The number of esters is 4. The Morgan fingerprint density at radius 1 is 0.778 bits per heavy atom. The fourth-order valence-electron chi connectivity index (χ4n) is 2.81. The molecule has 2 atom stereocenters. The van der Waals surface area contributed by atoms with Crippen molar-refractivity contribution in [3.8, 4) is 0 Å². The van der Waals surface area contributed by atoms with Gasteiger partial charge < -0.3 is 29.6 Å². The molecule has 194 valence electrons. The van der Waals surface area contributed by atoms with Crippen molar-refractivity contribution < 1.29 is 47.7 Å². The topological polar surface area (TPSA) is 212 Å². The summed E-state index contributed by atoms with van der Waals surface area (Å²) in [6.45, 7) is -0.247. The maximum Gasteiger partial charge on any atom is 0.328 e. The number of nitrogens with zero attached hydrogens (tertiary/aromatic N) is 3. The Hall–Kier alpha value is -4.65. The van der Waals surface area contributed by atoms with E-state index in [1.807, 2.05) is 0 Å². The van der Waals surface area contributed by atoms with Crippen LogP contribution in [0.2, 0.25) is 0 Å². The van der Waals surface area contributed by atoms with Crippen LogP contribution in [0, 0.1) is 0 Å². The van der Waals surface area contributed by atoms with Gasteiger partial charge in [-0.3, -0.25) is 19.2 Å². The normalized spacial score (nSPS) is 11.6. The van der Waals surface area contributed by atoms with Gasteiger partial charge in [-0.2, -0.15) is 0 Å². The van der Waals surface area contributed by atoms with E-state index in [0.717, 1.165) is 34.5 Å². The molecule has 0 aromatic heterocycles. The Kier molecular flexibility index (Phi) is 11.9. The van der Waals surface area contributed by atoms with Gasteiger partial charge in [0.1, 0.15) is 12.1 Å². The van der Waals surface area contributed by atoms with Gasteiger partial charge in [-0.05, 0) is 29.3 Å². The number of ether oxygens (including phenoxy) is 4. The summed E-state index contributed by atoms with van der Waals surface area (Å²) in [6, 6.07) is 0.927. The molecule has 0 saturated heterocycles. The van der Waals surface area contributed by atoms with Gasteiger partial charge in [-0.1, -0.05) is 5.11 Å². The van der Waals surface area contributed by atoms with Crippen LogP contribution in [-0.2, 0) is 44.7 Å². The Morgan fingerprint density at radius 3 is 1.53 bits per heavy atom. The first-order valence-corrected chi connectivity index (χ1v) is 10.2. The van der Waals surface area contributed by atoms with E-state index in [0.29, 0.717) is 0 Å². The lowest BCUT2D eigenvalue weighted by molar-refractivity contribution is -0.149. The van der Waals surface area contributed by atoms with E-state index in [4.69, 9.17) is 5.53 Å². The number of hydrogen-bond donors (Lipinski definition) is 2. The molecule has 0 aliphatic rings. The van der Waals surface area contributed by atoms with E-state index in [-0.39, 0.29) is 23.2 Å². The average Bonchev–Trinajstić information content (AvgIpc) is 2.89. The van der Waals surface area contributed by atoms with Gasteiger partial charge in [-0.15, -0.1) is 0 Å². The highest BCUT2D eigenvalue weighted by atomic mass is 16.5. The van der Waals surface area contributed by atoms with Crippen molar-refractivity contribution in [2.24, 2.45) is 5.11 Å². The molecular weight excluding hydrogens is 482 g/mol. The van der Waals surface area contributed by atoms with Gasteiger partial charge >= 0.3 is 23.9 Å². The summed E-state index contributed by atoms with van der Waals surface area (Å²) in [5, 5.41) is 8.03. The van der Waals surface area contributed by atoms with Crippen LogP contribution in [0.15, 0.2) is 23.3 Å². The summed E-state index contributed by atoms with van der Waals surface area (Å²) < 4.78 is 18.2. The van der Waals surface area contributed by atoms with Gasteiger partial charge in [0, 0.05) is 16.0 Å². The SMILES string of the molecule is COC(=O)C[C@H](NC(=O)c1cc(CN=[N+]=[N-])cc(C(=O)N[C@@H](CC(=O)OC)C(=O)OC)c1)C(=O)OC. The summed E-state index contributed by atoms with van der Waals surface area (Å²) in [5.74, 6) is -5.15. The Labute approximate surface area is 205 Å². The van der Waals surface area contributed by atoms with Gasteiger partial charge in [0.25, 0.3) is 11.8 Å². The summed E-state index contributed by atoms with van der Waals surface area (Å²) >= 11 is 0. The van der Waals surface area contributed by atoms with E-state index < -0.39 is 60.6 Å². The number of carbonyl (C=O) groups is 6. The van der Waals surface area contributed by atoms with E-state index in [2.05, 4.69) is 39.6 Å². The third-order valence-corrected chi connectivity index (χ3v) is 4.61. The number of amides is 2. The second-order valence-electron chi connectivity index (χ2n) is 6.97. The smallest absolute Gasteiger partial charge is 0.328 e. The minimum Gasteiger partial charge on any atom is -0.469 e. The monoisotopic (exact) mass is 507 g/mol. The van der Waals surface area contributed by atoms with Crippen molar-refractivity contribution in [1.82, 2.24) is 10.6 Å². The highest BCUT2D eigenvalue weighted by Gasteiger charge is 2.28. The molecule has 2 amide bonds. The number of methoxy groups -OCH3 is 4. The van der Waals surface area contributed by atoms with Crippen LogP contribution in [-0.4, -0.2) is 76.2 Å². The van der Waals surface area contributed by atoms with E-state index >= 15 is 0 Å². The van der Waals surface area contributed by atoms with Gasteiger partial charge in [0.05, 0.1) is 47.8 Å². The number of benzene rings is 1. The largest absolute Gasteiger partial charge is 0.469 e. The van der Waals surface area contributed by atoms with Crippen LogP contribution in [0.25, 0.3) is 10.4 Å². The van der Waals surface area contributed by atoms with E-state index in [1.54, 1.807) is 0 Å². The molecule has 1 aromatic rings. The molecule has 1 rings (SSSR count).